The summed E-state index contributed by atoms with van der Waals surface area (Å²) in [5, 5.41) is 3.65. The number of likely N-dealkylation sites (tertiary alicyclic amines) is 1. The van der Waals surface area contributed by atoms with Crippen LogP contribution in [0.15, 0.2) is 48.5 Å². The number of halogens is 1. The average Bonchev–Trinajstić information content (AvgIpc) is 3.07. The minimum Gasteiger partial charge on any atom is -0.497 e. The van der Waals surface area contributed by atoms with Crippen molar-refractivity contribution in [2.45, 2.75) is 38.8 Å². The van der Waals surface area contributed by atoms with Gasteiger partial charge in [0.2, 0.25) is 11.8 Å². The summed E-state index contributed by atoms with van der Waals surface area (Å²) in [6, 6.07) is 14.8. The second kappa shape index (κ2) is 9.79. The van der Waals surface area contributed by atoms with Crippen molar-refractivity contribution in [2.24, 2.45) is 5.92 Å². The fourth-order valence-corrected chi connectivity index (χ4v) is 3.88. The van der Waals surface area contributed by atoms with Crippen LogP contribution in [0.5, 0.6) is 5.75 Å². The average molecular weight is 415 g/mol. The molecule has 1 fully saturated rings. The van der Waals surface area contributed by atoms with Gasteiger partial charge < -0.3 is 15.0 Å². The zero-order valence-electron chi connectivity index (χ0n) is 16.9. The van der Waals surface area contributed by atoms with Crippen LogP contribution in [0.25, 0.3) is 0 Å². The first kappa shape index (κ1) is 21.2. The Hall–Kier alpha value is -2.53. The number of carbonyl (C=O) groups excluding carboxylic acids is 2. The lowest BCUT2D eigenvalue weighted by Crippen LogP contribution is -2.35. The highest BCUT2D eigenvalue weighted by Crippen LogP contribution is 2.39. The van der Waals surface area contributed by atoms with Gasteiger partial charge in [0.1, 0.15) is 5.75 Å². The molecule has 0 saturated carbocycles. The second-order valence-corrected chi connectivity index (χ2v) is 7.75. The molecule has 1 N–H and O–H groups in total. The van der Waals surface area contributed by atoms with Crippen LogP contribution in [0, 0.1) is 5.92 Å². The van der Waals surface area contributed by atoms with Crippen LogP contribution in [-0.2, 0) is 16.1 Å². The first-order valence-electron chi connectivity index (χ1n) is 9.99. The standard InChI is InChI=1S/C23H27ClN2O3/c1-3-4-13-26-21(27)14-20(22(26)17-7-11-19(29-2)12-8-17)23(28)25-15-16-5-9-18(24)10-6-16/h5-12,20,22H,3-4,13-15H2,1-2H3,(H,25,28)/t20-,22-/m0/s1. The summed E-state index contributed by atoms with van der Waals surface area (Å²) in [6.07, 6.45) is 2.14. The van der Waals surface area contributed by atoms with Gasteiger partial charge in [-0.3, -0.25) is 9.59 Å². The molecule has 2 atom stereocenters. The van der Waals surface area contributed by atoms with Crippen LogP contribution in [0.4, 0.5) is 0 Å². The summed E-state index contributed by atoms with van der Waals surface area (Å²) < 4.78 is 5.25. The number of methoxy groups -OCH3 is 1. The molecule has 3 rings (SSSR count). The number of amides is 2. The fraction of sp³-hybridized carbons (Fsp3) is 0.391. The number of nitrogens with zero attached hydrogens (tertiary/aromatic N) is 1. The zero-order chi connectivity index (χ0) is 20.8. The highest BCUT2D eigenvalue weighted by Gasteiger charge is 2.44. The second-order valence-electron chi connectivity index (χ2n) is 7.31. The zero-order valence-corrected chi connectivity index (χ0v) is 17.6. The van der Waals surface area contributed by atoms with Crippen molar-refractivity contribution in [1.29, 1.82) is 0 Å². The summed E-state index contributed by atoms with van der Waals surface area (Å²) in [6.45, 7) is 3.16. The molecule has 2 aromatic rings. The fourth-order valence-electron chi connectivity index (χ4n) is 3.75. The van der Waals surface area contributed by atoms with Gasteiger partial charge in [-0.1, -0.05) is 49.2 Å². The van der Waals surface area contributed by atoms with Crippen molar-refractivity contribution in [1.82, 2.24) is 10.2 Å². The monoisotopic (exact) mass is 414 g/mol. The molecule has 6 heteroatoms. The van der Waals surface area contributed by atoms with Crippen molar-refractivity contribution >= 4 is 23.4 Å². The van der Waals surface area contributed by atoms with Crippen LogP contribution < -0.4 is 10.1 Å². The maximum atomic E-state index is 13.0. The Morgan fingerprint density at radius 1 is 1.17 bits per heavy atom. The van der Waals surface area contributed by atoms with E-state index in [1.807, 2.05) is 41.3 Å². The number of hydrogen-bond donors (Lipinski definition) is 1. The van der Waals surface area contributed by atoms with Gasteiger partial charge in [-0.2, -0.15) is 0 Å². The molecular weight excluding hydrogens is 388 g/mol. The normalized spacial score (nSPS) is 18.7. The first-order chi connectivity index (χ1) is 14.0. The Balaban J connectivity index is 1.78. The van der Waals surface area contributed by atoms with Gasteiger partial charge in [-0.25, -0.2) is 0 Å². The summed E-state index contributed by atoms with van der Waals surface area (Å²) >= 11 is 5.92. The Kier molecular flexibility index (Phi) is 7.15. The third kappa shape index (κ3) is 5.10. The molecule has 1 aliphatic rings. The largest absolute Gasteiger partial charge is 0.497 e. The summed E-state index contributed by atoms with van der Waals surface area (Å²) in [5.74, 6) is 0.265. The predicted octanol–water partition coefficient (Wildman–Crippen LogP) is 4.35. The number of hydrogen-bond acceptors (Lipinski definition) is 3. The van der Waals surface area contributed by atoms with Crippen LogP contribution in [0.1, 0.15) is 43.4 Å². The smallest absolute Gasteiger partial charge is 0.226 e. The Morgan fingerprint density at radius 3 is 2.48 bits per heavy atom. The molecular formula is C23H27ClN2O3. The van der Waals surface area contributed by atoms with E-state index in [0.717, 1.165) is 29.7 Å². The Bertz CT molecular complexity index is 836. The number of nitrogens with one attached hydrogen (secondary N) is 1. The summed E-state index contributed by atoms with van der Waals surface area (Å²) in [5.41, 5.74) is 1.93. The van der Waals surface area contributed by atoms with E-state index < -0.39 is 5.92 Å². The molecule has 0 unspecified atom stereocenters. The van der Waals surface area contributed by atoms with Gasteiger partial charge in [-0.05, 0) is 41.8 Å². The predicted molar refractivity (Wildman–Crippen MR) is 114 cm³/mol. The molecule has 5 nitrogen and oxygen atoms in total. The number of unbranched alkanes of at least 4 members (excludes halogenated alkanes) is 1. The van der Waals surface area contributed by atoms with E-state index in [1.54, 1.807) is 19.2 Å². The van der Waals surface area contributed by atoms with Crippen LogP contribution in [-0.4, -0.2) is 30.4 Å². The van der Waals surface area contributed by atoms with Crippen molar-refractivity contribution < 1.29 is 14.3 Å². The van der Waals surface area contributed by atoms with E-state index in [0.29, 0.717) is 18.1 Å². The van der Waals surface area contributed by atoms with Crippen molar-refractivity contribution in [2.75, 3.05) is 13.7 Å². The topological polar surface area (TPSA) is 58.6 Å². The van der Waals surface area contributed by atoms with E-state index in [2.05, 4.69) is 12.2 Å². The van der Waals surface area contributed by atoms with Gasteiger partial charge in [0.05, 0.1) is 19.1 Å². The molecule has 2 aromatic carbocycles. The number of carbonyl (C=O) groups is 2. The van der Waals surface area contributed by atoms with Gasteiger partial charge >= 0.3 is 0 Å². The van der Waals surface area contributed by atoms with Crippen molar-refractivity contribution in [3.8, 4) is 5.75 Å². The molecule has 0 spiro atoms. The van der Waals surface area contributed by atoms with Gasteiger partial charge in [0.25, 0.3) is 0 Å². The molecule has 0 radical (unpaired) electrons. The van der Waals surface area contributed by atoms with E-state index >= 15 is 0 Å². The van der Waals surface area contributed by atoms with Gasteiger partial charge in [0, 0.05) is 24.5 Å². The third-order valence-corrected chi connectivity index (χ3v) is 5.61. The van der Waals surface area contributed by atoms with E-state index in [1.165, 1.54) is 0 Å². The lowest BCUT2D eigenvalue weighted by molar-refractivity contribution is -0.129. The van der Waals surface area contributed by atoms with Gasteiger partial charge in [-0.15, -0.1) is 0 Å². The highest BCUT2D eigenvalue weighted by molar-refractivity contribution is 6.30. The van der Waals surface area contributed by atoms with Crippen LogP contribution >= 0.6 is 11.6 Å². The molecule has 0 bridgehead atoms. The van der Waals surface area contributed by atoms with Crippen molar-refractivity contribution in [3.63, 3.8) is 0 Å². The molecule has 154 valence electrons. The molecule has 1 saturated heterocycles. The van der Waals surface area contributed by atoms with E-state index in [-0.39, 0.29) is 24.3 Å². The van der Waals surface area contributed by atoms with E-state index in [9.17, 15) is 9.59 Å². The lowest BCUT2D eigenvalue weighted by atomic mass is 9.92. The third-order valence-electron chi connectivity index (χ3n) is 5.36. The SMILES string of the molecule is CCCCN1C(=O)C[C@H](C(=O)NCc2ccc(Cl)cc2)[C@@H]1c1ccc(OC)cc1. The maximum Gasteiger partial charge on any atom is 0.226 e. The number of rotatable bonds is 8. The number of ether oxygens (including phenoxy) is 1. The van der Waals surface area contributed by atoms with Crippen LogP contribution in [0.2, 0.25) is 5.02 Å². The minimum absolute atomic E-state index is 0.0333. The highest BCUT2D eigenvalue weighted by atomic mass is 35.5. The first-order valence-corrected chi connectivity index (χ1v) is 10.4. The Labute approximate surface area is 177 Å². The van der Waals surface area contributed by atoms with E-state index in [4.69, 9.17) is 16.3 Å². The number of benzene rings is 2. The lowest BCUT2D eigenvalue weighted by Gasteiger charge is -2.28. The minimum atomic E-state index is -0.417. The maximum absolute atomic E-state index is 13.0. The molecule has 2 amide bonds. The summed E-state index contributed by atoms with van der Waals surface area (Å²) in [4.78, 5) is 27.6. The Morgan fingerprint density at radius 2 is 1.86 bits per heavy atom. The van der Waals surface area contributed by atoms with Crippen LogP contribution in [0.3, 0.4) is 0 Å². The molecule has 0 aliphatic carbocycles. The van der Waals surface area contributed by atoms with Crippen molar-refractivity contribution in [3.05, 3.63) is 64.7 Å². The molecule has 1 aliphatic heterocycles. The molecule has 1 heterocycles. The molecule has 29 heavy (non-hydrogen) atoms. The molecule has 0 aromatic heterocycles. The quantitative estimate of drug-likeness (QED) is 0.698. The summed E-state index contributed by atoms with van der Waals surface area (Å²) in [7, 11) is 1.62. The van der Waals surface area contributed by atoms with Gasteiger partial charge in [0.15, 0.2) is 0 Å².